The summed E-state index contributed by atoms with van der Waals surface area (Å²) in [6.45, 7) is 4.93. The molecule has 2 saturated heterocycles. The number of piperazine rings is 1. The third-order valence-corrected chi connectivity index (χ3v) is 5.22. The summed E-state index contributed by atoms with van der Waals surface area (Å²) in [7, 11) is 0. The number of pyridine rings is 1. The summed E-state index contributed by atoms with van der Waals surface area (Å²) in [5.41, 5.74) is 1.18. The second-order valence-corrected chi connectivity index (χ2v) is 6.85. The normalized spacial score (nSPS) is 20.9. The van der Waals surface area contributed by atoms with Crippen molar-refractivity contribution in [2.75, 3.05) is 49.1 Å². The molecule has 7 heteroatoms. The van der Waals surface area contributed by atoms with E-state index in [0.717, 1.165) is 51.5 Å². The largest absolute Gasteiger partial charge is 0.368 e. The lowest BCUT2D eigenvalue weighted by Crippen LogP contribution is -2.52. The zero-order valence-electron chi connectivity index (χ0n) is 14.9. The summed E-state index contributed by atoms with van der Waals surface area (Å²) in [5, 5.41) is 0. The molecule has 4 rings (SSSR count). The minimum atomic E-state index is 0.0417. The molecule has 2 aromatic heterocycles. The third kappa shape index (κ3) is 3.61. The molecule has 0 aromatic carbocycles. The highest BCUT2D eigenvalue weighted by Crippen LogP contribution is 2.23. The number of rotatable bonds is 3. The van der Waals surface area contributed by atoms with E-state index in [1.165, 1.54) is 5.69 Å². The van der Waals surface area contributed by atoms with Crippen LogP contribution in [0.5, 0.6) is 0 Å². The molecule has 0 radical (unpaired) electrons. The minimum Gasteiger partial charge on any atom is -0.368 e. The van der Waals surface area contributed by atoms with Crippen molar-refractivity contribution >= 4 is 17.5 Å². The quantitative estimate of drug-likeness (QED) is 0.833. The van der Waals surface area contributed by atoms with Gasteiger partial charge in [0.05, 0.1) is 5.92 Å². The highest BCUT2D eigenvalue weighted by molar-refractivity contribution is 5.80. The van der Waals surface area contributed by atoms with Gasteiger partial charge in [-0.15, -0.1) is 0 Å². The van der Waals surface area contributed by atoms with E-state index >= 15 is 0 Å². The van der Waals surface area contributed by atoms with Crippen molar-refractivity contribution in [2.45, 2.75) is 12.8 Å². The monoisotopic (exact) mass is 352 g/mol. The zero-order chi connectivity index (χ0) is 17.8. The molecule has 0 saturated carbocycles. The molecule has 136 valence electrons. The van der Waals surface area contributed by atoms with E-state index in [0.29, 0.717) is 6.54 Å². The molecule has 2 fully saturated rings. The molecule has 0 spiro atoms. The summed E-state index contributed by atoms with van der Waals surface area (Å²) < 4.78 is 0. The van der Waals surface area contributed by atoms with E-state index in [2.05, 4.69) is 24.8 Å². The molecule has 26 heavy (non-hydrogen) atoms. The maximum Gasteiger partial charge on any atom is 0.227 e. The van der Waals surface area contributed by atoms with Crippen LogP contribution >= 0.6 is 0 Å². The number of nitrogens with zero attached hydrogens (tertiary/aromatic N) is 6. The second kappa shape index (κ2) is 7.68. The lowest BCUT2D eigenvalue weighted by atomic mass is 9.96. The smallest absolute Gasteiger partial charge is 0.227 e. The predicted octanol–water partition coefficient (Wildman–Crippen LogP) is 1.44. The number of hydrogen-bond donors (Lipinski definition) is 0. The van der Waals surface area contributed by atoms with E-state index in [1.807, 2.05) is 35.5 Å². The average molecular weight is 352 g/mol. The Labute approximate surface area is 153 Å². The van der Waals surface area contributed by atoms with Gasteiger partial charge in [-0.05, 0) is 31.0 Å². The first-order chi connectivity index (χ1) is 12.8. The van der Waals surface area contributed by atoms with E-state index in [4.69, 9.17) is 0 Å². The van der Waals surface area contributed by atoms with Crippen molar-refractivity contribution in [3.05, 3.63) is 43.0 Å². The Balaban J connectivity index is 1.35. The molecule has 1 atom stereocenters. The SMILES string of the molecule is O=C(C1CCCN(c2ncccn2)C1)N1CCN(c2ccncc2)CC1. The summed E-state index contributed by atoms with van der Waals surface area (Å²) >= 11 is 0. The lowest BCUT2D eigenvalue weighted by Gasteiger charge is -2.39. The fourth-order valence-corrected chi connectivity index (χ4v) is 3.81. The minimum absolute atomic E-state index is 0.0417. The Morgan fingerprint density at radius 1 is 0.923 bits per heavy atom. The van der Waals surface area contributed by atoms with Crippen LogP contribution in [0.4, 0.5) is 11.6 Å². The van der Waals surface area contributed by atoms with Crippen LogP contribution in [0, 0.1) is 5.92 Å². The average Bonchev–Trinajstić information content (AvgIpc) is 2.75. The molecule has 1 unspecified atom stereocenters. The molecule has 0 N–H and O–H groups in total. The predicted molar refractivity (Wildman–Crippen MR) is 100.0 cm³/mol. The van der Waals surface area contributed by atoms with Gasteiger partial charge >= 0.3 is 0 Å². The van der Waals surface area contributed by atoms with Crippen LogP contribution in [-0.4, -0.2) is 65.0 Å². The summed E-state index contributed by atoms with van der Waals surface area (Å²) in [4.78, 5) is 32.2. The summed E-state index contributed by atoms with van der Waals surface area (Å²) in [6, 6.07) is 5.87. The first-order valence-electron chi connectivity index (χ1n) is 9.27. The molecular formula is C19H24N6O. The summed E-state index contributed by atoms with van der Waals surface area (Å²) in [6.07, 6.45) is 9.10. The fourth-order valence-electron chi connectivity index (χ4n) is 3.81. The first kappa shape index (κ1) is 16.8. The standard InChI is InChI=1S/C19H24N6O/c26-18(16-3-1-10-25(15-16)19-21-6-2-7-22-19)24-13-11-23(12-14-24)17-4-8-20-9-5-17/h2,4-9,16H,1,3,10-15H2. The van der Waals surface area contributed by atoms with Gasteiger partial charge in [0.1, 0.15) is 0 Å². The highest BCUT2D eigenvalue weighted by Gasteiger charge is 2.31. The van der Waals surface area contributed by atoms with Crippen molar-refractivity contribution in [3.63, 3.8) is 0 Å². The van der Waals surface area contributed by atoms with E-state index in [-0.39, 0.29) is 11.8 Å². The molecule has 2 aliphatic heterocycles. The molecule has 0 aliphatic carbocycles. The number of carbonyl (C=O) groups excluding carboxylic acids is 1. The first-order valence-corrected chi connectivity index (χ1v) is 9.27. The second-order valence-electron chi connectivity index (χ2n) is 6.85. The molecule has 0 bridgehead atoms. The van der Waals surface area contributed by atoms with Crippen molar-refractivity contribution in [3.8, 4) is 0 Å². The van der Waals surface area contributed by atoms with E-state index in [1.54, 1.807) is 12.4 Å². The Morgan fingerprint density at radius 3 is 2.38 bits per heavy atom. The Morgan fingerprint density at radius 2 is 1.65 bits per heavy atom. The lowest BCUT2D eigenvalue weighted by molar-refractivity contribution is -0.136. The topological polar surface area (TPSA) is 65.5 Å². The van der Waals surface area contributed by atoms with Gasteiger partial charge in [0.15, 0.2) is 0 Å². The van der Waals surface area contributed by atoms with Crippen LogP contribution in [0.25, 0.3) is 0 Å². The van der Waals surface area contributed by atoms with Crippen LogP contribution in [-0.2, 0) is 4.79 Å². The molecular weight excluding hydrogens is 328 g/mol. The Hall–Kier alpha value is -2.70. The third-order valence-electron chi connectivity index (χ3n) is 5.22. The number of hydrogen-bond acceptors (Lipinski definition) is 6. The van der Waals surface area contributed by atoms with Crippen LogP contribution < -0.4 is 9.80 Å². The Kier molecular flexibility index (Phi) is 4.95. The molecule has 4 heterocycles. The van der Waals surface area contributed by atoms with Gasteiger partial charge in [-0.25, -0.2) is 9.97 Å². The zero-order valence-corrected chi connectivity index (χ0v) is 14.9. The van der Waals surface area contributed by atoms with Gasteiger partial charge in [0.25, 0.3) is 0 Å². The molecule has 2 aliphatic rings. The fraction of sp³-hybridized carbons (Fsp3) is 0.474. The maximum atomic E-state index is 13.0. The number of piperidine rings is 1. The number of anilines is 2. The van der Waals surface area contributed by atoms with Gasteiger partial charge < -0.3 is 14.7 Å². The van der Waals surface area contributed by atoms with Crippen molar-refractivity contribution in [1.29, 1.82) is 0 Å². The van der Waals surface area contributed by atoms with Gasteiger partial charge in [-0.3, -0.25) is 9.78 Å². The Bertz CT molecular complexity index is 717. The highest BCUT2D eigenvalue weighted by atomic mass is 16.2. The number of carbonyl (C=O) groups is 1. The van der Waals surface area contributed by atoms with Crippen molar-refractivity contribution in [2.24, 2.45) is 5.92 Å². The molecule has 2 aromatic rings. The van der Waals surface area contributed by atoms with Crippen LogP contribution in [0.3, 0.4) is 0 Å². The molecule has 7 nitrogen and oxygen atoms in total. The molecule has 1 amide bonds. The van der Waals surface area contributed by atoms with Gasteiger partial charge in [0, 0.05) is 69.7 Å². The maximum absolute atomic E-state index is 13.0. The number of aromatic nitrogens is 3. The van der Waals surface area contributed by atoms with Crippen LogP contribution in [0.2, 0.25) is 0 Å². The van der Waals surface area contributed by atoms with Gasteiger partial charge in [-0.2, -0.15) is 0 Å². The van der Waals surface area contributed by atoms with Gasteiger partial charge in [0.2, 0.25) is 11.9 Å². The van der Waals surface area contributed by atoms with E-state index < -0.39 is 0 Å². The van der Waals surface area contributed by atoms with Crippen LogP contribution in [0.1, 0.15) is 12.8 Å². The van der Waals surface area contributed by atoms with Gasteiger partial charge in [-0.1, -0.05) is 0 Å². The van der Waals surface area contributed by atoms with E-state index in [9.17, 15) is 4.79 Å². The summed E-state index contributed by atoms with van der Waals surface area (Å²) in [5.74, 6) is 1.05. The van der Waals surface area contributed by atoms with Crippen molar-refractivity contribution in [1.82, 2.24) is 19.9 Å². The van der Waals surface area contributed by atoms with Crippen LogP contribution in [0.15, 0.2) is 43.0 Å². The van der Waals surface area contributed by atoms with Crippen molar-refractivity contribution < 1.29 is 4.79 Å². The number of amides is 1.